The first-order chi connectivity index (χ1) is 6.54. The topological polar surface area (TPSA) is 9.23 Å². The van der Waals surface area contributed by atoms with Crippen molar-refractivity contribution in [3.8, 4) is 12.3 Å². The molecule has 1 heteroatoms. The van der Waals surface area contributed by atoms with E-state index >= 15 is 0 Å². The maximum atomic E-state index is 5.53. The summed E-state index contributed by atoms with van der Waals surface area (Å²) in [6, 6.07) is 0. The van der Waals surface area contributed by atoms with E-state index < -0.39 is 0 Å². The van der Waals surface area contributed by atoms with Gasteiger partial charge in [0, 0.05) is 0 Å². The van der Waals surface area contributed by atoms with Crippen molar-refractivity contribution in [1.82, 2.24) is 0 Å². The molecule has 0 saturated heterocycles. The average Bonchev–Trinajstić information content (AvgIpc) is 2.14. The lowest BCUT2D eigenvalue weighted by Crippen LogP contribution is -2.25. The van der Waals surface area contributed by atoms with Gasteiger partial charge in [-0.05, 0) is 33.6 Å². The van der Waals surface area contributed by atoms with Crippen LogP contribution in [0.4, 0.5) is 0 Å². The molecule has 0 aliphatic heterocycles. The predicted octanol–water partition coefficient (Wildman–Crippen LogP) is 3.33. The maximum absolute atomic E-state index is 5.53. The van der Waals surface area contributed by atoms with Crippen molar-refractivity contribution in [2.24, 2.45) is 0 Å². The first kappa shape index (κ1) is 13.0. The second-order valence-corrected chi connectivity index (χ2v) is 3.83. The highest BCUT2D eigenvalue weighted by molar-refractivity contribution is 5.00. The summed E-state index contributed by atoms with van der Waals surface area (Å²) < 4.78 is 5.53. The summed E-state index contributed by atoms with van der Waals surface area (Å²) in [7, 11) is 0. The largest absolute Gasteiger partial charge is 0.359 e. The number of ether oxygens (including phenoxy) is 1. The molecule has 0 radical (unpaired) electrons. The van der Waals surface area contributed by atoms with Crippen LogP contribution in [0.5, 0.6) is 0 Å². The van der Waals surface area contributed by atoms with Crippen LogP contribution in [0.2, 0.25) is 0 Å². The molecule has 0 aromatic heterocycles. The second kappa shape index (κ2) is 6.45. The lowest BCUT2D eigenvalue weighted by Gasteiger charge is -2.24. The fourth-order valence-corrected chi connectivity index (χ4v) is 1.09. The van der Waals surface area contributed by atoms with Crippen molar-refractivity contribution in [3.05, 3.63) is 24.3 Å². The molecule has 0 saturated carbocycles. The molecular formula is C13H20O. The molecule has 14 heavy (non-hydrogen) atoms. The van der Waals surface area contributed by atoms with E-state index in [1.54, 1.807) is 0 Å². The third kappa shape index (κ3) is 5.61. The van der Waals surface area contributed by atoms with Crippen LogP contribution < -0.4 is 0 Å². The smallest absolute Gasteiger partial charge is 0.108 e. The van der Waals surface area contributed by atoms with Crippen LogP contribution in [0.1, 0.15) is 33.6 Å². The Balaban J connectivity index is 4.06. The van der Waals surface area contributed by atoms with Gasteiger partial charge in [-0.1, -0.05) is 23.6 Å². The third-order valence-electron chi connectivity index (χ3n) is 2.11. The highest BCUT2D eigenvalue weighted by atomic mass is 16.5. The van der Waals surface area contributed by atoms with Crippen LogP contribution in [0, 0.1) is 12.3 Å². The van der Waals surface area contributed by atoms with Crippen molar-refractivity contribution in [2.75, 3.05) is 6.61 Å². The minimum absolute atomic E-state index is 0.293. The van der Waals surface area contributed by atoms with Crippen molar-refractivity contribution in [2.45, 2.75) is 39.2 Å². The predicted molar refractivity (Wildman–Crippen MR) is 62.1 cm³/mol. The van der Waals surface area contributed by atoms with E-state index in [1.807, 2.05) is 13.0 Å². The summed E-state index contributed by atoms with van der Waals surface area (Å²) in [5.74, 6) is 2.47. The van der Waals surface area contributed by atoms with E-state index in [1.165, 1.54) is 5.57 Å². The van der Waals surface area contributed by atoms with Crippen LogP contribution in [-0.4, -0.2) is 12.2 Å². The van der Waals surface area contributed by atoms with E-state index in [0.717, 1.165) is 12.8 Å². The quantitative estimate of drug-likeness (QED) is 0.463. The lowest BCUT2D eigenvalue weighted by atomic mass is 9.99. The number of hydrogen-bond donors (Lipinski definition) is 0. The molecule has 78 valence electrons. The van der Waals surface area contributed by atoms with Gasteiger partial charge < -0.3 is 4.74 Å². The van der Waals surface area contributed by atoms with E-state index in [-0.39, 0.29) is 5.60 Å². The highest BCUT2D eigenvalue weighted by Crippen LogP contribution is 2.19. The van der Waals surface area contributed by atoms with Gasteiger partial charge in [0.15, 0.2) is 0 Å². The van der Waals surface area contributed by atoms with Gasteiger partial charge in [-0.15, -0.1) is 13.0 Å². The zero-order valence-corrected chi connectivity index (χ0v) is 9.47. The fourth-order valence-electron chi connectivity index (χ4n) is 1.09. The van der Waals surface area contributed by atoms with Crippen LogP contribution in [0.25, 0.3) is 0 Å². The Labute approximate surface area is 87.9 Å². The van der Waals surface area contributed by atoms with Crippen molar-refractivity contribution in [1.29, 1.82) is 0 Å². The van der Waals surface area contributed by atoms with Gasteiger partial charge in [-0.25, -0.2) is 0 Å². The number of rotatable bonds is 6. The molecule has 0 aliphatic carbocycles. The molecule has 0 aliphatic rings. The molecule has 0 fully saturated rings. The summed E-state index contributed by atoms with van der Waals surface area (Å²) in [6.07, 6.45) is 11.1. The zero-order chi connectivity index (χ0) is 11.0. The molecule has 0 aromatic carbocycles. The normalized spacial score (nSPS) is 13.9. The van der Waals surface area contributed by atoms with Gasteiger partial charge >= 0.3 is 0 Å². The summed E-state index contributed by atoms with van der Waals surface area (Å²) in [6.45, 7) is 10.3. The Morgan fingerprint density at radius 2 is 2.21 bits per heavy atom. The first-order valence-electron chi connectivity index (χ1n) is 4.88. The number of terminal acetylenes is 1. The summed E-state index contributed by atoms with van der Waals surface area (Å²) >= 11 is 0. The molecular weight excluding hydrogens is 172 g/mol. The molecule has 0 rings (SSSR count). The summed E-state index contributed by atoms with van der Waals surface area (Å²) in [5.41, 5.74) is 1.03. The SMILES string of the molecule is C#CCO[C@@](C)(C=C)CCC=C(C)C. The van der Waals surface area contributed by atoms with Crippen molar-refractivity contribution in [3.63, 3.8) is 0 Å². The van der Waals surface area contributed by atoms with Crippen molar-refractivity contribution < 1.29 is 4.74 Å². The third-order valence-corrected chi connectivity index (χ3v) is 2.11. The zero-order valence-electron chi connectivity index (χ0n) is 9.47. The van der Waals surface area contributed by atoms with Gasteiger partial charge in [0.1, 0.15) is 6.61 Å². The molecule has 0 amide bonds. The minimum Gasteiger partial charge on any atom is -0.359 e. The van der Waals surface area contributed by atoms with E-state index in [0.29, 0.717) is 6.61 Å². The van der Waals surface area contributed by atoms with Gasteiger partial charge in [-0.3, -0.25) is 0 Å². The van der Waals surface area contributed by atoms with Crippen LogP contribution in [0.15, 0.2) is 24.3 Å². The molecule has 0 heterocycles. The number of hydrogen-bond acceptors (Lipinski definition) is 1. The maximum Gasteiger partial charge on any atom is 0.108 e. The lowest BCUT2D eigenvalue weighted by molar-refractivity contribution is 0.0212. The Hall–Kier alpha value is -1.00. The molecule has 0 bridgehead atoms. The summed E-state index contributed by atoms with van der Waals surface area (Å²) in [4.78, 5) is 0. The first-order valence-corrected chi connectivity index (χ1v) is 4.88. The van der Waals surface area contributed by atoms with E-state index in [9.17, 15) is 0 Å². The standard InChI is InChI=1S/C13H20O/c1-6-11-14-13(5,7-2)10-8-9-12(3)4/h1,7,9H,2,8,10-11H2,3-5H3/t13-/m0/s1. The number of allylic oxidation sites excluding steroid dienone is 2. The fraction of sp³-hybridized carbons (Fsp3) is 0.538. The Morgan fingerprint density at radius 1 is 1.57 bits per heavy atom. The van der Waals surface area contributed by atoms with Gasteiger partial charge in [-0.2, -0.15) is 0 Å². The van der Waals surface area contributed by atoms with Crippen LogP contribution in [0.3, 0.4) is 0 Å². The Bertz CT molecular complexity index is 240. The van der Waals surface area contributed by atoms with Crippen molar-refractivity contribution >= 4 is 0 Å². The second-order valence-electron chi connectivity index (χ2n) is 3.83. The average molecular weight is 192 g/mol. The van der Waals surface area contributed by atoms with Crippen LogP contribution in [-0.2, 0) is 4.74 Å². The molecule has 0 unspecified atom stereocenters. The van der Waals surface area contributed by atoms with E-state index in [2.05, 4.69) is 32.4 Å². The highest BCUT2D eigenvalue weighted by Gasteiger charge is 2.18. The Morgan fingerprint density at radius 3 is 2.64 bits per heavy atom. The molecule has 1 nitrogen and oxygen atoms in total. The molecule has 0 N–H and O–H groups in total. The molecule has 1 atom stereocenters. The van der Waals surface area contributed by atoms with Gasteiger partial charge in [0.05, 0.1) is 5.60 Å². The van der Waals surface area contributed by atoms with E-state index in [4.69, 9.17) is 11.2 Å². The van der Waals surface area contributed by atoms with Gasteiger partial charge in [0.25, 0.3) is 0 Å². The minimum atomic E-state index is -0.293. The monoisotopic (exact) mass is 192 g/mol. The van der Waals surface area contributed by atoms with Gasteiger partial charge in [0.2, 0.25) is 0 Å². The molecule has 0 spiro atoms. The van der Waals surface area contributed by atoms with Crippen LogP contribution >= 0.6 is 0 Å². The molecule has 0 aromatic rings. The summed E-state index contributed by atoms with van der Waals surface area (Å²) in [5, 5.41) is 0. The Kier molecular flexibility index (Phi) is 5.99.